The third-order valence-corrected chi connectivity index (χ3v) is 7.71. The Morgan fingerprint density at radius 2 is 1.27 bits per heavy atom. The SMILES string of the molecule is Cn1cc(CC(N)C(=O)O)c2c([N+](=O)[O-])cc(F)cc21.Cn1cc(CC(N)C(=O)O)c2ccc(F)cc21.Cn1ccc2ccc(F)cc21. The number of nitro groups is 1. The van der Waals surface area contributed by atoms with Crippen LogP contribution in [0.1, 0.15) is 11.1 Å². The maximum absolute atomic E-state index is 13.4. The first-order valence-electron chi connectivity index (χ1n) is 14.4. The van der Waals surface area contributed by atoms with Crippen LogP contribution in [0, 0.1) is 27.6 Å². The van der Waals surface area contributed by atoms with Gasteiger partial charge in [0.2, 0.25) is 0 Å². The van der Waals surface area contributed by atoms with Crippen LogP contribution in [0.4, 0.5) is 18.9 Å². The topological polar surface area (TPSA) is 185 Å². The number of nitrogens with zero attached hydrogens (tertiary/aromatic N) is 4. The Hall–Kier alpha value is -5.67. The van der Waals surface area contributed by atoms with Gasteiger partial charge < -0.3 is 35.4 Å². The zero-order valence-corrected chi connectivity index (χ0v) is 26.1. The molecule has 0 bridgehead atoms. The number of nitrogens with two attached hydrogens (primary N) is 2. The van der Waals surface area contributed by atoms with Crippen LogP contribution in [0.3, 0.4) is 0 Å². The van der Waals surface area contributed by atoms with Gasteiger partial charge in [0, 0.05) is 58.0 Å². The predicted molar refractivity (Wildman–Crippen MR) is 174 cm³/mol. The van der Waals surface area contributed by atoms with Gasteiger partial charge in [-0.25, -0.2) is 13.2 Å². The number of hydrogen-bond acceptors (Lipinski definition) is 6. The van der Waals surface area contributed by atoms with Crippen LogP contribution < -0.4 is 11.5 Å². The van der Waals surface area contributed by atoms with E-state index in [2.05, 4.69) is 0 Å². The molecule has 3 heterocycles. The summed E-state index contributed by atoms with van der Waals surface area (Å²) in [7, 11) is 5.29. The summed E-state index contributed by atoms with van der Waals surface area (Å²) in [5.74, 6) is -3.46. The van der Waals surface area contributed by atoms with Crippen molar-refractivity contribution in [2.24, 2.45) is 32.6 Å². The lowest BCUT2D eigenvalue weighted by Crippen LogP contribution is -2.32. The molecule has 0 aliphatic carbocycles. The zero-order chi connectivity index (χ0) is 35.4. The molecule has 0 spiro atoms. The predicted octanol–water partition coefficient (Wildman–Crippen LogP) is 4.77. The number of nitro benzene ring substituents is 1. The average Bonchev–Trinajstić information content (AvgIpc) is 3.65. The smallest absolute Gasteiger partial charge is 0.320 e. The number of carboxylic acid groups (broad SMARTS) is 2. The van der Waals surface area contributed by atoms with Crippen molar-refractivity contribution in [1.29, 1.82) is 0 Å². The van der Waals surface area contributed by atoms with Gasteiger partial charge >= 0.3 is 11.9 Å². The van der Waals surface area contributed by atoms with E-state index in [9.17, 15) is 32.9 Å². The van der Waals surface area contributed by atoms with Gasteiger partial charge in [-0.05, 0) is 65.0 Å². The van der Waals surface area contributed by atoms with Gasteiger partial charge in [0.25, 0.3) is 5.69 Å². The van der Waals surface area contributed by atoms with Gasteiger partial charge in [-0.3, -0.25) is 19.7 Å². The maximum atomic E-state index is 13.4. The van der Waals surface area contributed by atoms with Crippen molar-refractivity contribution in [1.82, 2.24) is 13.7 Å². The molecule has 3 aromatic carbocycles. The average molecular weight is 667 g/mol. The van der Waals surface area contributed by atoms with E-state index in [1.807, 2.05) is 23.9 Å². The maximum Gasteiger partial charge on any atom is 0.320 e. The lowest BCUT2D eigenvalue weighted by Gasteiger charge is -2.05. The first-order chi connectivity index (χ1) is 22.6. The Bertz CT molecular complexity index is 2150. The molecule has 2 unspecified atom stereocenters. The molecular weight excluding hydrogens is 633 g/mol. The normalized spacial score (nSPS) is 12.2. The van der Waals surface area contributed by atoms with E-state index in [0.29, 0.717) is 11.1 Å². The summed E-state index contributed by atoms with van der Waals surface area (Å²) in [6, 6.07) is 11.1. The van der Waals surface area contributed by atoms with E-state index in [1.165, 1.54) is 35.0 Å². The van der Waals surface area contributed by atoms with Crippen LogP contribution in [-0.2, 0) is 43.6 Å². The summed E-state index contributed by atoms with van der Waals surface area (Å²) < 4.78 is 44.3. The number of non-ortho nitro benzene ring substituents is 1. The van der Waals surface area contributed by atoms with E-state index in [1.54, 1.807) is 37.0 Å². The first-order valence-corrected chi connectivity index (χ1v) is 14.4. The molecule has 0 saturated carbocycles. The molecule has 15 heteroatoms. The second kappa shape index (κ2) is 14.4. The fourth-order valence-corrected chi connectivity index (χ4v) is 5.34. The van der Waals surface area contributed by atoms with Gasteiger partial charge in [-0.15, -0.1) is 0 Å². The molecule has 6 aromatic rings. The Morgan fingerprint density at radius 3 is 1.88 bits per heavy atom. The van der Waals surface area contributed by atoms with E-state index in [-0.39, 0.29) is 29.9 Å². The number of benzene rings is 3. The number of carbonyl (C=O) groups is 2. The highest BCUT2D eigenvalue weighted by molar-refractivity contribution is 5.93. The number of aliphatic carboxylic acids is 2. The summed E-state index contributed by atoms with van der Waals surface area (Å²) in [5, 5.41) is 30.8. The number of fused-ring (bicyclic) bond motifs is 3. The largest absolute Gasteiger partial charge is 0.480 e. The molecule has 0 aliphatic heterocycles. The Morgan fingerprint density at radius 1 is 0.750 bits per heavy atom. The number of halogens is 3. The van der Waals surface area contributed by atoms with Crippen LogP contribution in [0.25, 0.3) is 32.7 Å². The third kappa shape index (κ3) is 7.82. The number of rotatable bonds is 7. The minimum absolute atomic E-state index is 0.0703. The molecule has 0 radical (unpaired) electrons. The van der Waals surface area contributed by atoms with E-state index < -0.39 is 40.5 Å². The molecule has 6 rings (SSSR count). The quantitative estimate of drug-likeness (QED) is 0.139. The van der Waals surface area contributed by atoms with Crippen molar-refractivity contribution in [3.8, 4) is 0 Å². The summed E-state index contributed by atoms with van der Waals surface area (Å²) >= 11 is 0. The molecule has 0 aliphatic rings. The minimum Gasteiger partial charge on any atom is -0.480 e. The number of aromatic nitrogens is 3. The highest BCUT2D eigenvalue weighted by Gasteiger charge is 2.23. The van der Waals surface area contributed by atoms with Crippen molar-refractivity contribution in [2.45, 2.75) is 24.9 Å². The monoisotopic (exact) mass is 666 g/mol. The van der Waals surface area contributed by atoms with Crippen LogP contribution >= 0.6 is 0 Å². The molecule has 48 heavy (non-hydrogen) atoms. The zero-order valence-electron chi connectivity index (χ0n) is 26.1. The highest BCUT2D eigenvalue weighted by atomic mass is 19.1. The second-order valence-electron chi connectivity index (χ2n) is 11.2. The van der Waals surface area contributed by atoms with Gasteiger partial charge in [0.05, 0.1) is 32.9 Å². The van der Waals surface area contributed by atoms with Crippen molar-refractivity contribution in [2.75, 3.05) is 0 Å². The van der Waals surface area contributed by atoms with Gasteiger partial charge in [-0.1, -0.05) is 0 Å². The Labute approximate surface area is 271 Å². The van der Waals surface area contributed by atoms with Crippen molar-refractivity contribution < 1.29 is 37.9 Å². The summed E-state index contributed by atoms with van der Waals surface area (Å²) in [6.45, 7) is 0. The van der Waals surface area contributed by atoms with Gasteiger partial charge in [-0.2, -0.15) is 0 Å². The molecule has 252 valence electrons. The molecular formula is C33H33F3N6O6. The van der Waals surface area contributed by atoms with Crippen molar-refractivity contribution >= 4 is 50.3 Å². The van der Waals surface area contributed by atoms with E-state index in [4.69, 9.17) is 21.7 Å². The Balaban J connectivity index is 0.000000169. The van der Waals surface area contributed by atoms with Crippen LogP contribution in [0.2, 0.25) is 0 Å². The minimum atomic E-state index is -1.20. The first kappa shape index (κ1) is 35.2. The molecule has 12 nitrogen and oxygen atoms in total. The summed E-state index contributed by atoms with van der Waals surface area (Å²) in [4.78, 5) is 31.8. The fraction of sp³-hybridized carbons (Fsp3) is 0.212. The fourth-order valence-electron chi connectivity index (χ4n) is 5.34. The molecule has 3 aromatic heterocycles. The third-order valence-electron chi connectivity index (χ3n) is 7.71. The van der Waals surface area contributed by atoms with Gasteiger partial charge in [0.15, 0.2) is 0 Å². The highest BCUT2D eigenvalue weighted by Crippen LogP contribution is 2.32. The lowest BCUT2D eigenvalue weighted by molar-refractivity contribution is -0.383. The van der Waals surface area contributed by atoms with E-state index in [0.717, 1.165) is 39.5 Å². The molecule has 2 atom stereocenters. The van der Waals surface area contributed by atoms with Crippen LogP contribution in [0.5, 0.6) is 0 Å². The number of carboxylic acids is 2. The number of aryl methyl sites for hydroxylation is 3. The van der Waals surface area contributed by atoms with Crippen LogP contribution in [0.15, 0.2) is 73.2 Å². The standard InChI is InChI=1S/C12H12FN3O4.C12H13FN2O2.C9H8FN/c1-15-5-6(2-8(14)12(17)18)11-9(15)3-7(13)4-10(11)16(19)20;1-15-6-7(4-10(14)12(16)17)9-3-2-8(13)5-11(9)15;1-11-5-4-7-2-3-8(10)6-9(7)11/h3-5,8H,2,14H2,1H3,(H,17,18);2-3,5-6,10H,4,14H2,1H3,(H,16,17);2-6H,1H3. The van der Waals surface area contributed by atoms with E-state index >= 15 is 0 Å². The molecule has 0 amide bonds. The molecule has 0 saturated heterocycles. The number of hydrogen-bond donors (Lipinski definition) is 4. The van der Waals surface area contributed by atoms with Crippen molar-refractivity contribution in [3.63, 3.8) is 0 Å². The van der Waals surface area contributed by atoms with Crippen molar-refractivity contribution in [3.05, 3.63) is 112 Å². The Kier molecular flexibility index (Phi) is 10.6. The summed E-state index contributed by atoms with van der Waals surface area (Å²) in [6.07, 6.45) is 5.40. The lowest BCUT2D eigenvalue weighted by atomic mass is 10.0. The second-order valence-corrected chi connectivity index (χ2v) is 11.2. The van der Waals surface area contributed by atoms with Crippen LogP contribution in [-0.4, -0.2) is 52.9 Å². The molecule has 0 fully saturated rings. The van der Waals surface area contributed by atoms with Gasteiger partial charge in [0.1, 0.15) is 29.5 Å². The summed E-state index contributed by atoms with van der Waals surface area (Å²) in [5.41, 5.74) is 13.8. The molecule has 6 N–H and O–H groups in total.